The average Bonchev–Trinajstić information content (AvgIpc) is 3.51. The highest BCUT2D eigenvalue weighted by atomic mass is 31.2. The number of unbranched alkanes of at least 4 members (excludes halogenated alkanes) is 29. The molecule has 3 N–H and O–H groups in total. The number of aliphatic hydroxyl groups excluding tert-OH is 1. The lowest BCUT2D eigenvalue weighted by Gasteiger charge is -2.21. The summed E-state index contributed by atoms with van der Waals surface area (Å²) in [5, 5.41) is 10.5. The van der Waals surface area contributed by atoms with Crippen molar-refractivity contribution in [2.45, 2.75) is 337 Å². The van der Waals surface area contributed by atoms with Crippen LogP contribution in [0.1, 0.15) is 319 Å². The van der Waals surface area contributed by atoms with Crippen molar-refractivity contribution < 1.29 is 80.2 Å². The van der Waals surface area contributed by atoms with Crippen molar-refractivity contribution in [1.82, 2.24) is 0 Å². The third kappa shape index (κ3) is 60.7. The summed E-state index contributed by atoms with van der Waals surface area (Å²) in [7, 11) is -9.89. The Bertz CT molecular complexity index is 1700. The number of carbonyl (C=O) groups excluding carboxylic acids is 4. The van der Waals surface area contributed by atoms with Crippen molar-refractivity contribution in [3.05, 3.63) is 0 Å². The Balaban J connectivity index is 5.22. The van der Waals surface area contributed by atoms with E-state index in [9.17, 15) is 43.2 Å². The Morgan fingerprint density at radius 1 is 0.294 bits per heavy atom. The molecule has 85 heavy (non-hydrogen) atoms. The maximum absolute atomic E-state index is 13.0. The molecule has 0 aliphatic heterocycles. The maximum atomic E-state index is 13.0. The van der Waals surface area contributed by atoms with E-state index in [1.165, 1.54) is 109 Å². The predicted octanol–water partition coefficient (Wildman–Crippen LogP) is 18.1. The normalized spacial score (nSPS) is 14.4. The second kappa shape index (κ2) is 56.1. The van der Waals surface area contributed by atoms with E-state index in [-0.39, 0.29) is 25.7 Å². The Labute approximate surface area is 517 Å². The van der Waals surface area contributed by atoms with Crippen LogP contribution in [0.2, 0.25) is 0 Å². The van der Waals surface area contributed by atoms with E-state index >= 15 is 0 Å². The van der Waals surface area contributed by atoms with Gasteiger partial charge in [0.05, 0.1) is 26.4 Å². The van der Waals surface area contributed by atoms with Crippen LogP contribution in [0.15, 0.2) is 0 Å². The molecule has 0 aromatic rings. The van der Waals surface area contributed by atoms with E-state index in [2.05, 4.69) is 55.4 Å². The number of phosphoric acid groups is 2. The van der Waals surface area contributed by atoms with Crippen LogP contribution in [0.25, 0.3) is 0 Å². The number of hydrogen-bond acceptors (Lipinski definition) is 15. The quantitative estimate of drug-likeness (QED) is 0.0222. The Hall–Kier alpha value is -1.94. The van der Waals surface area contributed by atoms with Gasteiger partial charge < -0.3 is 33.8 Å². The van der Waals surface area contributed by atoms with Crippen molar-refractivity contribution in [3.8, 4) is 0 Å². The topological polar surface area (TPSA) is 237 Å². The van der Waals surface area contributed by atoms with Crippen molar-refractivity contribution in [3.63, 3.8) is 0 Å². The molecular formula is C66H128O17P2. The molecule has 0 aromatic heterocycles. The molecule has 0 bridgehead atoms. The standard InChI is InChI=1S/C66H128O17P2/c1-56(2)42-34-26-18-14-12-10-9-11-13-15-21-32-40-48-65(70)82-62(53-77-64(69)47-39-31-25-24-29-37-45-59(7)8)55-81-85(74,75)79-51-60(67)50-78-84(72,73)80-54-61(83-66(71)49-41-33-23-17-20-28-36-44-58(5)6)52-76-63(68)46-38-30-22-16-19-27-35-43-57(3)4/h56-62,67H,9-55H2,1-8H3,(H,72,73)(H,74,75)/t60-,61-,62-/m1/s1. The number of hydrogen-bond donors (Lipinski definition) is 3. The highest BCUT2D eigenvalue weighted by Gasteiger charge is 2.30. The van der Waals surface area contributed by atoms with Crippen LogP contribution in [0.4, 0.5) is 0 Å². The van der Waals surface area contributed by atoms with Crippen LogP contribution >= 0.6 is 15.6 Å². The van der Waals surface area contributed by atoms with E-state index in [0.29, 0.717) is 43.4 Å². The molecule has 504 valence electrons. The molecule has 0 radical (unpaired) electrons. The smallest absolute Gasteiger partial charge is 0.462 e. The van der Waals surface area contributed by atoms with E-state index in [0.717, 1.165) is 109 Å². The van der Waals surface area contributed by atoms with Crippen LogP contribution in [0, 0.1) is 23.7 Å². The molecule has 0 saturated heterocycles. The Morgan fingerprint density at radius 2 is 0.494 bits per heavy atom. The van der Waals surface area contributed by atoms with Gasteiger partial charge in [0.25, 0.3) is 0 Å². The van der Waals surface area contributed by atoms with Crippen LogP contribution in [-0.2, 0) is 65.4 Å². The summed E-state index contributed by atoms with van der Waals surface area (Å²) in [6, 6.07) is 0. The largest absolute Gasteiger partial charge is 0.472 e. The van der Waals surface area contributed by atoms with E-state index in [4.69, 9.17) is 37.0 Å². The molecule has 0 aliphatic rings. The first kappa shape index (κ1) is 83.1. The molecule has 0 aromatic carbocycles. The summed E-state index contributed by atoms with van der Waals surface area (Å²) in [5.74, 6) is 0.727. The van der Waals surface area contributed by atoms with Crippen molar-refractivity contribution in [2.24, 2.45) is 23.7 Å². The Kier molecular flexibility index (Phi) is 54.8. The van der Waals surface area contributed by atoms with Crippen LogP contribution in [0.3, 0.4) is 0 Å². The zero-order valence-electron chi connectivity index (χ0n) is 55.2. The maximum Gasteiger partial charge on any atom is 0.472 e. The second-order valence-corrected chi connectivity index (χ2v) is 28.7. The van der Waals surface area contributed by atoms with Crippen molar-refractivity contribution in [1.29, 1.82) is 0 Å². The minimum Gasteiger partial charge on any atom is -0.462 e. The Morgan fingerprint density at radius 3 is 0.729 bits per heavy atom. The molecule has 0 saturated carbocycles. The summed E-state index contributed by atoms with van der Waals surface area (Å²) < 4.78 is 68.0. The van der Waals surface area contributed by atoms with Crippen LogP contribution in [0.5, 0.6) is 0 Å². The second-order valence-electron chi connectivity index (χ2n) is 25.8. The highest BCUT2D eigenvalue weighted by molar-refractivity contribution is 7.47. The third-order valence-electron chi connectivity index (χ3n) is 15.1. The molecule has 17 nitrogen and oxygen atoms in total. The van der Waals surface area contributed by atoms with Gasteiger partial charge in [-0.3, -0.25) is 37.3 Å². The molecule has 19 heteroatoms. The summed E-state index contributed by atoms with van der Waals surface area (Å²) in [5.41, 5.74) is 0. The summed E-state index contributed by atoms with van der Waals surface area (Å²) >= 11 is 0. The van der Waals surface area contributed by atoms with Crippen molar-refractivity contribution >= 4 is 39.5 Å². The first-order valence-electron chi connectivity index (χ1n) is 34.2. The first-order valence-corrected chi connectivity index (χ1v) is 37.2. The SMILES string of the molecule is CC(C)CCCCCCCCCCCCCCCC(=O)O[C@H](COC(=O)CCCCCCCCC(C)C)COP(=O)(O)OC[C@H](O)COP(=O)(O)OC[C@@H](COC(=O)CCCCCCCCCC(C)C)OC(=O)CCCCCCCCCC(C)C. The summed E-state index contributed by atoms with van der Waals surface area (Å²) in [6.45, 7) is 13.9. The summed E-state index contributed by atoms with van der Waals surface area (Å²) in [6.07, 6.45) is 36.5. The zero-order chi connectivity index (χ0) is 63.2. The molecule has 2 unspecified atom stereocenters. The molecular weight excluding hydrogens is 1130 g/mol. The van der Waals surface area contributed by atoms with Crippen molar-refractivity contribution in [2.75, 3.05) is 39.6 Å². The number of phosphoric ester groups is 2. The van der Waals surface area contributed by atoms with Gasteiger partial charge in [0, 0.05) is 25.7 Å². The number of esters is 4. The molecule has 0 rings (SSSR count). The van der Waals surface area contributed by atoms with Gasteiger partial charge >= 0.3 is 39.5 Å². The fourth-order valence-electron chi connectivity index (χ4n) is 9.78. The van der Waals surface area contributed by atoms with Gasteiger partial charge in [-0.05, 0) is 49.4 Å². The number of aliphatic hydroxyl groups is 1. The van der Waals surface area contributed by atoms with E-state index in [1.54, 1.807) is 0 Å². The third-order valence-corrected chi connectivity index (χ3v) is 17.0. The van der Waals surface area contributed by atoms with Gasteiger partial charge in [-0.2, -0.15) is 0 Å². The highest BCUT2D eigenvalue weighted by Crippen LogP contribution is 2.45. The molecule has 0 spiro atoms. The van der Waals surface area contributed by atoms with Gasteiger partial charge in [0.1, 0.15) is 19.3 Å². The van der Waals surface area contributed by atoms with Gasteiger partial charge in [-0.1, -0.05) is 267 Å². The van der Waals surface area contributed by atoms with Crippen LogP contribution in [-0.4, -0.2) is 96.7 Å². The lowest BCUT2D eigenvalue weighted by atomic mass is 10.0. The van der Waals surface area contributed by atoms with E-state index in [1.807, 2.05) is 0 Å². The molecule has 0 amide bonds. The number of ether oxygens (including phenoxy) is 4. The monoisotopic (exact) mass is 1250 g/mol. The first-order chi connectivity index (χ1) is 40.6. The summed E-state index contributed by atoms with van der Waals surface area (Å²) in [4.78, 5) is 72.2. The van der Waals surface area contributed by atoms with Gasteiger partial charge in [-0.15, -0.1) is 0 Å². The van der Waals surface area contributed by atoms with Gasteiger partial charge in [0.15, 0.2) is 12.2 Å². The fraction of sp³-hybridized carbons (Fsp3) is 0.939. The minimum absolute atomic E-state index is 0.102. The average molecular weight is 1260 g/mol. The van der Waals surface area contributed by atoms with Gasteiger partial charge in [0.2, 0.25) is 0 Å². The van der Waals surface area contributed by atoms with E-state index < -0.39 is 97.5 Å². The molecule has 0 fully saturated rings. The zero-order valence-corrected chi connectivity index (χ0v) is 57.0. The minimum atomic E-state index is -4.95. The van der Waals surface area contributed by atoms with Gasteiger partial charge in [-0.25, -0.2) is 9.13 Å². The fourth-order valence-corrected chi connectivity index (χ4v) is 11.4. The molecule has 0 heterocycles. The lowest BCUT2D eigenvalue weighted by molar-refractivity contribution is -0.161. The lowest BCUT2D eigenvalue weighted by Crippen LogP contribution is -2.30. The van der Waals surface area contributed by atoms with Crippen LogP contribution < -0.4 is 0 Å². The number of rotatable bonds is 63. The molecule has 5 atom stereocenters. The predicted molar refractivity (Wildman–Crippen MR) is 340 cm³/mol. The molecule has 0 aliphatic carbocycles. The number of carbonyl (C=O) groups is 4.